The van der Waals surface area contributed by atoms with Crippen LogP contribution in [0, 0.1) is 0 Å². The maximum Gasteiger partial charge on any atom is 0.306 e. The Balaban J connectivity index is 4.76. The van der Waals surface area contributed by atoms with Crippen molar-refractivity contribution in [1.82, 2.24) is 5.32 Å². The van der Waals surface area contributed by atoms with E-state index < -0.39 is 18.2 Å². The van der Waals surface area contributed by atoms with Crippen molar-refractivity contribution in [3.8, 4) is 0 Å². The number of rotatable bonds is 44. The standard InChI is InChI=1S/C57H95NO5/c1-4-7-10-13-16-19-22-25-27-29-31-33-36-39-42-45-48-53(63-57(62)50-47-44-41-38-35-32-28-26-23-20-17-14-11-8-5-2)51-56(61)58-54(52-59)55(60)49-46-43-40-37-34-30-24-21-18-15-12-9-6-3/h8,10-11,13-14,16-17,19-20,22-23,25-29,31,33,53-55,59-60H,4-7,9,12,15,18,21,24,30,32,34-52H2,1-3H3,(H,58,61)/b11-8+,13-10+,17-14+,19-16+,23-20+,25-22+,28-26-,29-27+,33-31+. The summed E-state index contributed by atoms with van der Waals surface area (Å²) in [5.74, 6) is -0.552. The van der Waals surface area contributed by atoms with Crippen LogP contribution in [0.1, 0.15) is 213 Å². The second kappa shape index (κ2) is 49.5. The molecule has 0 rings (SSSR count). The minimum atomic E-state index is -0.811. The molecule has 3 unspecified atom stereocenters. The van der Waals surface area contributed by atoms with Crippen LogP contribution in [-0.4, -0.2) is 46.9 Å². The summed E-state index contributed by atoms with van der Waals surface area (Å²) in [5.41, 5.74) is 0. The molecule has 1 amide bonds. The number of carbonyl (C=O) groups is 2. The van der Waals surface area contributed by atoms with Crippen molar-refractivity contribution in [2.24, 2.45) is 0 Å². The minimum Gasteiger partial charge on any atom is -0.462 e. The van der Waals surface area contributed by atoms with Crippen LogP contribution in [0.15, 0.2) is 109 Å². The Labute approximate surface area is 388 Å². The Morgan fingerprint density at radius 3 is 1.38 bits per heavy atom. The van der Waals surface area contributed by atoms with E-state index in [4.69, 9.17) is 4.74 Å². The van der Waals surface area contributed by atoms with Crippen molar-refractivity contribution in [2.75, 3.05) is 6.61 Å². The molecule has 0 saturated heterocycles. The van der Waals surface area contributed by atoms with Gasteiger partial charge in [-0.15, -0.1) is 0 Å². The van der Waals surface area contributed by atoms with Crippen LogP contribution in [-0.2, 0) is 14.3 Å². The largest absolute Gasteiger partial charge is 0.462 e. The zero-order valence-electron chi connectivity index (χ0n) is 40.7. The predicted octanol–water partition coefficient (Wildman–Crippen LogP) is 15.5. The Bertz CT molecular complexity index is 1300. The third-order valence-electron chi connectivity index (χ3n) is 11.0. The number of hydrogen-bond donors (Lipinski definition) is 3. The van der Waals surface area contributed by atoms with Gasteiger partial charge in [0.25, 0.3) is 0 Å². The first-order valence-corrected chi connectivity index (χ1v) is 25.7. The van der Waals surface area contributed by atoms with E-state index in [1.54, 1.807) is 0 Å². The normalized spacial score (nSPS) is 14.2. The second-order valence-corrected chi connectivity index (χ2v) is 17.0. The number of unbranched alkanes of at least 4 members (excludes halogenated alkanes) is 21. The summed E-state index contributed by atoms with van der Waals surface area (Å²) in [6.07, 6.45) is 67.1. The molecule has 3 atom stereocenters. The molecule has 0 spiro atoms. The minimum absolute atomic E-state index is 0.0328. The van der Waals surface area contributed by atoms with Gasteiger partial charge < -0.3 is 20.3 Å². The van der Waals surface area contributed by atoms with Gasteiger partial charge in [-0.25, -0.2) is 0 Å². The van der Waals surface area contributed by atoms with Gasteiger partial charge in [0.2, 0.25) is 5.91 Å². The average molecular weight is 874 g/mol. The number of esters is 1. The highest BCUT2D eigenvalue weighted by atomic mass is 16.5. The number of nitrogens with one attached hydrogen (secondary N) is 1. The van der Waals surface area contributed by atoms with Crippen molar-refractivity contribution in [2.45, 2.75) is 232 Å². The van der Waals surface area contributed by atoms with E-state index in [1.165, 1.54) is 64.2 Å². The monoisotopic (exact) mass is 874 g/mol. The molecule has 0 aromatic heterocycles. The first-order valence-electron chi connectivity index (χ1n) is 25.7. The molecule has 0 aromatic rings. The van der Waals surface area contributed by atoms with Crippen molar-refractivity contribution in [1.29, 1.82) is 0 Å². The van der Waals surface area contributed by atoms with Crippen molar-refractivity contribution in [3.05, 3.63) is 109 Å². The number of ether oxygens (including phenoxy) is 1. The topological polar surface area (TPSA) is 95.9 Å². The van der Waals surface area contributed by atoms with E-state index in [2.05, 4.69) is 80.8 Å². The van der Waals surface area contributed by atoms with Gasteiger partial charge in [0.1, 0.15) is 6.10 Å². The summed E-state index contributed by atoms with van der Waals surface area (Å²) in [4.78, 5) is 26.2. The lowest BCUT2D eigenvalue weighted by Crippen LogP contribution is -2.46. The molecule has 63 heavy (non-hydrogen) atoms. The molecule has 0 radical (unpaired) electrons. The molecule has 6 nitrogen and oxygen atoms in total. The quantitative estimate of drug-likeness (QED) is 0.0322. The predicted molar refractivity (Wildman–Crippen MR) is 273 cm³/mol. The molecule has 0 bridgehead atoms. The summed E-state index contributed by atoms with van der Waals surface area (Å²) < 4.78 is 5.91. The fourth-order valence-corrected chi connectivity index (χ4v) is 7.18. The fourth-order valence-electron chi connectivity index (χ4n) is 7.18. The molecule has 0 saturated carbocycles. The highest BCUT2D eigenvalue weighted by Gasteiger charge is 2.24. The molecule has 0 heterocycles. The number of aliphatic hydroxyl groups excluding tert-OH is 2. The SMILES string of the molecule is CC/C=C/C=C/C=C/C=C\CCCCCCCC(=O)OC(CCCCC/C=C/C=C/C=C/C=C/C=C/CCC)CC(=O)NC(CO)C(O)CCCCCCCCCCCCCCC. The first-order chi connectivity index (χ1) is 31.0. The maximum absolute atomic E-state index is 13.2. The lowest BCUT2D eigenvalue weighted by atomic mass is 10.0. The van der Waals surface area contributed by atoms with E-state index in [-0.39, 0.29) is 24.9 Å². The van der Waals surface area contributed by atoms with Gasteiger partial charge in [0.15, 0.2) is 0 Å². The smallest absolute Gasteiger partial charge is 0.306 e. The molecule has 0 aliphatic heterocycles. The van der Waals surface area contributed by atoms with Crippen molar-refractivity contribution >= 4 is 11.9 Å². The van der Waals surface area contributed by atoms with Crippen LogP contribution in [0.4, 0.5) is 0 Å². The highest BCUT2D eigenvalue weighted by molar-refractivity contribution is 5.77. The zero-order chi connectivity index (χ0) is 45.9. The number of amides is 1. The third kappa shape index (κ3) is 44.9. The van der Waals surface area contributed by atoms with E-state index >= 15 is 0 Å². The number of hydrogen-bond acceptors (Lipinski definition) is 5. The van der Waals surface area contributed by atoms with Gasteiger partial charge in [0, 0.05) is 6.42 Å². The Morgan fingerprint density at radius 2 is 0.889 bits per heavy atom. The maximum atomic E-state index is 13.2. The van der Waals surface area contributed by atoms with Gasteiger partial charge in [-0.2, -0.15) is 0 Å². The third-order valence-corrected chi connectivity index (χ3v) is 11.0. The van der Waals surface area contributed by atoms with Crippen molar-refractivity contribution < 1.29 is 24.5 Å². The van der Waals surface area contributed by atoms with Crippen LogP contribution < -0.4 is 5.32 Å². The van der Waals surface area contributed by atoms with E-state index in [0.29, 0.717) is 19.3 Å². The molecule has 358 valence electrons. The van der Waals surface area contributed by atoms with Gasteiger partial charge in [-0.1, -0.05) is 246 Å². The molecule has 0 aliphatic carbocycles. The Morgan fingerprint density at radius 1 is 0.476 bits per heavy atom. The molecule has 0 fully saturated rings. The number of carbonyl (C=O) groups excluding carboxylic acids is 2. The van der Waals surface area contributed by atoms with E-state index in [1.807, 2.05) is 54.7 Å². The fraction of sp³-hybridized carbons (Fsp3) is 0.649. The average Bonchev–Trinajstić information content (AvgIpc) is 3.28. The summed E-state index contributed by atoms with van der Waals surface area (Å²) in [7, 11) is 0. The summed E-state index contributed by atoms with van der Waals surface area (Å²) >= 11 is 0. The van der Waals surface area contributed by atoms with Crippen LogP contribution in [0.5, 0.6) is 0 Å². The molecule has 3 N–H and O–H groups in total. The molecular weight excluding hydrogens is 779 g/mol. The van der Waals surface area contributed by atoms with Gasteiger partial charge in [0.05, 0.1) is 25.2 Å². The molecule has 0 aliphatic rings. The van der Waals surface area contributed by atoms with Crippen LogP contribution >= 0.6 is 0 Å². The van der Waals surface area contributed by atoms with E-state index in [0.717, 1.165) is 103 Å². The lowest BCUT2D eigenvalue weighted by Gasteiger charge is -2.24. The lowest BCUT2D eigenvalue weighted by molar-refractivity contribution is -0.151. The van der Waals surface area contributed by atoms with E-state index in [9.17, 15) is 19.8 Å². The zero-order valence-corrected chi connectivity index (χ0v) is 40.7. The number of allylic oxidation sites excluding steroid dienone is 18. The summed E-state index contributed by atoms with van der Waals surface area (Å²) in [6.45, 7) is 6.23. The van der Waals surface area contributed by atoms with Crippen LogP contribution in [0.3, 0.4) is 0 Å². The Hall–Kier alpha value is -3.48. The van der Waals surface area contributed by atoms with Gasteiger partial charge in [-0.05, 0) is 64.2 Å². The van der Waals surface area contributed by atoms with Crippen LogP contribution in [0.25, 0.3) is 0 Å². The van der Waals surface area contributed by atoms with Gasteiger partial charge >= 0.3 is 5.97 Å². The van der Waals surface area contributed by atoms with Gasteiger partial charge in [-0.3, -0.25) is 9.59 Å². The first kappa shape index (κ1) is 59.5. The van der Waals surface area contributed by atoms with Crippen molar-refractivity contribution in [3.63, 3.8) is 0 Å². The summed E-state index contributed by atoms with van der Waals surface area (Å²) in [5, 5.41) is 23.8. The Kier molecular flexibility index (Phi) is 46.8. The molecule has 0 aromatic carbocycles. The molecular formula is C57H95NO5. The van der Waals surface area contributed by atoms with Crippen LogP contribution in [0.2, 0.25) is 0 Å². The second-order valence-electron chi connectivity index (χ2n) is 17.0. The number of aliphatic hydroxyl groups is 2. The summed E-state index contributed by atoms with van der Waals surface area (Å²) in [6, 6.07) is -0.728. The molecule has 6 heteroatoms. The highest BCUT2D eigenvalue weighted by Crippen LogP contribution is 2.17.